The molecule has 1 heterocycles. The first-order valence-electron chi connectivity index (χ1n) is 5.34. The smallest absolute Gasteiger partial charge is 0.241 e. The molecule has 1 aliphatic heterocycles. The molecule has 1 saturated heterocycles. The van der Waals surface area contributed by atoms with Gasteiger partial charge in [0.25, 0.3) is 0 Å². The number of amides is 1. The first-order chi connectivity index (χ1) is 6.70. The van der Waals surface area contributed by atoms with Crippen LogP contribution in [0.3, 0.4) is 0 Å². The van der Waals surface area contributed by atoms with Crippen LogP contribution in [0.25, 0.3) is 0 Å². The van der Waals surface area contributed by atoms with E-state index < -0.39 is 0 Å². The molecule has 0 aromatic heterocycles. The molecule has 0 aliphatic carbocycles. The van der Waals surface area contributed by atoms with Crippen LogP contribution >= 0.6 is 0 Å². The van der Waals surface area contributed by atoms with Crippen LogP contribution in [0.5, 0.6) is 0 Å². The lowest BCUT2D eigenvalue weighted by Gasteiger charge is -2.27. The van der Waals surface area contributed by atoms with E-state index in [9.17, 15) is 4.79 Å². The van der Waals surface area contributed by atoms with Gasteiger partial charge in [-0.25, -0.2) is 0 Å². The second-order valence-corrected chi connectivity index (χ2v) is 3.83. The zero-order valence-electron chi connectivity index (χ0n) is 9.42. The van der Waals surface area contributed by atoms with E-state index in [0.29, 0.717) is 0 Å². The van der Waals surface area contributed by atoms with E-state index in [0.717, 1.165) is 32.6 Å². The molecule has 0 bridgehead atoms. The molecular weight excluding hydrogens is 178 g/mol. The minimum Gasteiger partial charge on any atom is -0.342 e. The van der Waals surface area contributed by atoms with Gasteiger partial charge in [-0.15, -0.1) is 0 Å². The summed E-state index contributed by atoms with van der Waals surface area (Å²) >= 11 is 0. The van der Waals surface area contributed by atoms with Crippen molar-refractivity contribution in [3.05, 3.63) is 0 Å². The summed E-state index contributed by atoms with van der Waals surface area (Å²) < 4.78 is 0. The Morgan fingerprint density at radius 1 is 1.50 bits per heavy atom. The molecule has 1 atom stereocenters. The molecule has 1 unspecified atom stereocenters. The van der Waals surface area contributed by atoms with Crippen LogP contribution < -0.4 is 5.32 Å². The van der Waals surface area contributed by atoms with Crippen LogP contribution in [0.4, 0.5) is 0 Å². The Morgan fingerprint density at radius 2 is 2.21 bits per heavy atom. The highest BCUT2D eigenvalue weighted by Gasteiger charge is 2.28. The third kappa shape index (κ3) is 2.45. The quantitative estimate of drug-likeness (QED) is 0.681. The van der Waals surface area contributed by atoms with Gasteiger partial charge in [0.15, 0.2) is 0 Å². The molecule has 1 aliphatic rings. The van der Waals surface area contributed by atoms with Crippen molar-refractivity contribution in [1.29, 1.82) is 0 Å². The molecule has 0 aromatic rings. The third-order valence-corrected chi connectivity index (χ3v) is 2.85. The van der Waals surface area contributed by atoms with E-state index in [1.807, 2.05) is 25.9 Å². The van der Waals surface area contributed by atoms with Gasteiger partial charge in [0.05, 0.1) is 0 Å². The maximum absolute atomic E-state index is 12.0. The summed E-state index contributed by atoms with van der Waals surface area (Å²) in [6.07, 6.45) is 1.08. The number of hydrogen-bond donors (Lipinski definition) is 1. The zero-order chi connectivity index (χ0) is 10.6. The first-order valence-corrected chi connectivity index (χ1v) is 5.34. The lowest BCUT2D eigenvalue weighted by atomic mass is 10.2. The van der Waals surface area contributed by atoms with Crippen molar-refractivity contribution in [2.24, 2.45) is 0 Å². The Kier molecular flexibility index (Phi) is 4.35. The summed E-state index contributed by atoms with van der Waals surface area (Å²) in [6, 6.07) is 0.0162. The summed E-state index contributed by atoms with van der Waals surface area (Å²) in [5.74, 6) is 0.266. The van der Waals surface area contributed by atoms with Crippen LogP contribution in [0, 0.1) is 0 Å². The summed E-state index contributed by atoms with van der Waals surface area (Å²) in [7, 11) is 3.92. The highest BCUT2D eigenvalue weighted by Crippen LogP contribution is 2.08. The van der Waals surface area contributed by atoms with E-state index in [1.165, 1.54) is 0 Å². The summed E-state index contributed by atoms with van der Waals surface area (Å²) in [4.78, 5) is 16.1. The fourth-order valence-electron chi connectivity index (χ4n) is 1.93. The van der Waals surface area contributed by atoms with Crippen molar-refractivity contribution >= 4 is 5.91 Å². The second kappa shape index (κ2) is 5.32. The van der Waals surface area contributed by atoms with E-state index in [1.54, 1.807) is 0 Å². The molecule has 1 fully saturated rings. The van der Waals surface area contributed by atoms with Crippen molar-refractivity contribution in [2.45, 2.75) is 19.4 Å². The van der Waals surface area contributed by atoms with Crippen LogP contribution in [-0.2, 0) is 4.79 Å². The van der Waals surface area contributed by atoms with Gasteiger partial charge < -0.3 is 10.2 Å². The standard InChI is InChI=1S/C10H21N3O/c1-4-13-7-5-6-12(3)9(8-11-2)10(13)14/h9,11H,4-8H2,1-3H3. The van der Waals surface area contributed by atoms with Gasteiger partial charge in [0, 0.05) is 26.2 Å². The Labute approximate surface area is 86.2 Å². The van der Waals surface area contributed by atoms with Crippen LogP contribution in [0.1, 0.15) is 13.3 Å². The molecule has 4 heteroatoms. The Morgan fingerprint density at radius 3 is 2.79 bits per heavy atom. The van der Waals surface area contributed by atoms with Crippen molar-refractivity contribution in [3.63, 3.8) is 0 Å². The van der Waals surface area contributed by atoms with Crippen molar-refractivity contribution in [2.75, 3.05) is 40.3 Å². The molecule has 0 aromatic carbocycles. The fourth-order valence-corrected chi connectivity index (χ4v) is 1.93. The van der Waals surface area contributed by atoms with Gasteiger partial charge in [0.1, 0.15) is 6.04 Å². The largest absolute Gasteiger partial charge is 0.342 e. The minimum absolute atomic E-state index is 0.0162. The molecule has 82 valence electrons. The monoisotopic (exact) mass is 199 g/mol. The Hall–Kier alpha value is -0.610. The van der Waals surface area contributed by atoms with E-state index in [4.69, 9.17) is 0 Å². The van der Waals surface area contributed by atoms with Crippen molar-refractivity contribution in [1.82, 2.24) is 15.1 Å². The molecule has 1 N–H and O–H groups in total. The number of nitrogens with zero attached hydrogens (tertiary/aromatic N) is 2. The predicted molar refractivity (Wildman–Crippen MR) is 57.2 cm³/mol. The van der Waals surface area contributed by atoms with Gasteiger partial charge in [-0.1, -0.05) is 0 Å². The Bertz CT molecular complexity index is 196. The average Bonchev–Trinajstić information content (AvgIpc) is 2.30. The number of hydrogen-bond acceptors (Lipinski definition) is 3. The van der Waals surface area contributed by atoms with Crippen LogP contribution in [0.2, 0.25) is 0 Å². The first kappa shape index (κ1) is 11.5. The summed E-state index contributed by atoms with van der Waals surface area (Å²) in [5.41, 5.74) is 0. The summed E-state index contributed by atoms with van der Waals surface area (Å²) in [5, 5.41) is 3.08. The normalized spacial score (nSPS) is 25.2. The summed E-state index contributed by atoms with van der Waals surface area (Å²) in [6.45, 7) is 5.52. The van der Waals surface area contributed by atoms with E-state index >= 15 is 0 Å². The molecule has 14 heavy (non-hydrogen) atoms. The van der Waals surface area contributed by atoms with Crippen LogP contribution in [-0.4, -0.2) is 62.0 Å². The number of carbonyl (C=O) groups is 1. The van der Waals surface area contributed by atoms with Gasteiger partial charge in [-0.05, 0) is 27.4 Å². The molecule has 0 radical (unpaired) electrons. The second-order valence-electron chi connectivity index (χ2n) is 3.83. The van der Waals surface area contributed by atoms with Gasteiger partial charge in [-0.2, -0.15) is 0 Å². The lowest BCUT2D eigenvalue weighted by molar-refractivity contribution is -0.134. The molecular formula is C10H21N3O. The van der Waals surface area contributed by atoms with Crippen molar-refractivity contribution in [3.8, 4) is 0 Å². The highest BCUT2D eigenvalue weighted by molar-refractivity contribution is 5.82. The number of carbonyl (C=O) groups excluding carboxylic acids is 1. The van der Waals surface area contributed by atoms with Crippen molar-refractivity contribution < 1.29 is 4.79 Å². The van der Waals surface area contributed by atoms with E-state index in [2.05, 4.69) is 10.2 Å². The topological polar surface area (TPSA) is 35.6 Å². The molecule has 1 amide bonds. The maximum atomic E-state index is 12.0. The van der Waals surface area contributed by atoms with Gasteiger partial charge >= 0.3 is 0 Å². The number of nitrogens with one attached hydrogen (secondary N) is 1. The van der Waals surface area contributed by atoms with Gasteiger partial charge in [0.2, 0.25) is 5.91 Å². The third-order valence-electron chi connectivity index (χ3n) is 2.85. The molecule has 0 saturated carbocycles. The molecule has 4 nitrogen and oxygen atoms in total. The number of rotatable bonds is 3. The fraction of sp³-hybridized carbons (Fsp3) is 0.900. The average molecular weight is 199 g/mol. The minimum atomic E-state index is 0.0162. The van der Waals surface area contributed by atoms with Crippen LogP contribution in [0.15, 0.2) is 0 Å². The SMILES string of the molecule is CCN1CCCN(C)C(CNC)C1=O. The molecule has 0 spiro atoms. The lowest BCUT2D eigenvalue weighted by Crippen LogP contribution is -2.49. The highest BCUT2D eigenvalue weighted by atomic mass is 16.2. The van der Waals surface area contributed by atoms with E-state index in [-0.39, 0.29) is 11.9 Å². The predicted octanol–water partition coefficient (Wildman–Crippen LogP) is -0.242. The zero-order valence-corrected chi connectivity index (χ0v) is 9.42. The van der Waals surface area contributed by atoms with Gasteiger partial charge in [-0.3, -0.25) is 9.69 Å². The maximum Gasteiger partial charge on any atom is 0.241 e. The number of likely N-dealkylation sites (N-methyl/N-ethyl adjacent to an activating group) is 3. The Balaban J connectivity index is 2.69. The molecule has 1 rings (SSSR count).